The molecule has 12 heteroatoms. The van der Waals surface area contributed by atoms with Crippen molar-refractivity contribution in [2.24, 2.45) is 5.92 Å². The predicted molar refractivity (Wildman–Crippen MR) is 143 cm³/mol. The number of rotatable bonds is 6. The molecule has 0 aliphatic carbocycles. The van der Waals surface area contributed by atoms with Crippen LogP contribution in [0, 0.1) is 11.7 Å². The third-order valence-electron chi connectivity index (χ3n) is 6.54. The zero-order valence-electron chi connectivity index (χ0n) is 22.7. The van der Waals surface area contributed by atoms with Gasteiger partial charge in [0.05, 0.1) is 16.5 Å². The van der Waals surface area contributed by atoms with Gasteiger partial charge in [0.15, 0.2) is 15.5 Å². The Labute approximate surface area is 222 Å². The average Bonchev–Trinajstić information content (AvgIpc) is 3.25. The van der Waals surface area contributed by atoms with Gasteiger partial charge < -0.3 is 14.5 Å². The number of fused-ring (bicyclic) bond motifs is 1. The highest BCUT2D eigenvalue weighted by atomic mass is 32.2. The normalized spacial score (nSPS) is 15.3. The Balaban J connectivity index is 1.56. The van der Waals surface area contributed by atoms with Gasteiger partial charge in [0.25, 0.3) is 0 Å². The number of hydrogen-bond donors (Lipinski definition) is 0. The SMILES string of the molecule is CC(C)N(CC1CCN(C(=O)OC(C)(C)C)CC1)c1ncnc2c1cnn2-c1ccc(S(C)(=O)=O)cc1F. The summed E-state index contributed by atoms with van der Waals surface area (Å²) in [5.41, 5.74) is -0.00167. The van der Waals surface area contributed by atoms with E-state index in [1.807, 2.05) is 20.8 Å². The fraction of sp³-hybridized carbons (Fsp3) is 0.538. The van der Waals surface area contributed by atoms with Gasteiger partial charge in [-0.3, -0.25) is 0 Å². The minimum Gasteiger partial charge on any atom is -0.444 e. The van der Waals surface area contributed by atoms with E-state index in [0.29, 0.717) is 35.9 Å². The van der Waals surface area contributed by atoms with Gasteiger partial charge in [0, 0.05) is 31.9 Å². The van der Waals surface area contributed by atoms with E-state index in [1.165, 1.54) is 23.1 Å². The molecule has 0 radical (unpaired) electrons. The molecule has 0 unspecified atom stereocenters. The third-order valence-corrected chi connectivity index (χ3v) is 7.65. The molecule has 0 bridgehead atoms. The average molecular weight is 547 g/mol. The van der Waals surface area contributed by atoms with Crippen molar-refractivity contribution in [3.05, 3.63) is 36.5 Å². The van der Waals surface area contributed by atoms with E-state index in [4.69, 9.17) is 4.74 Å². The fourth-order valence-electron chi connectivity index (χ4n) is 4.57. The number of nitrogens with zero attached hydrogens (tertiary/aromatic N) is 6. The molecule has 1 aliphatic rings. The van der Waals surface area contributed by atoms with Gasteiger partial charge in [-0.15, -0.1) is 0 Å². The summed E-state index contributed by atoms with van der Waals surface area (Å²) in [5, 5.41) is 5.03. The summed E-state index contributed by atoms with van der Waals surface area (Å²) in [6.07, 6.45) is 5.47. The fourth-order valence-corrected chi connectivity index (χ4v) is 5.20. The van der Waals surface area contributed by atoms with Crippen molar-refractivity contribution in [3.8, 4) is 5.69 Å². The Morgan fingerprint density at radius 2 is 1.89 bits per heavy atom. The van der Waals surface area contributed by atoms with Gasteiger partial charge in [-0.25, -0.2) is 32.3 Å². The molecule has 0 N–H and O–H groups in total. The number of aromatic nitrogens is 4. The molecule has 206 valence electrons. The highest BCUT2D eigenvalue weighted by molar-refractivity contribution is 7.90. The summed E-state index contributed by atoms with van der Waals surface area (Å²) in [6, 6.07) is 3.85. The molecule has 1 aromatic carbocycles. The monoisotopic (exact) mass is 546 g/mol. The summed E-state index contributed by atoms with van der Waals surface area (Å²) < 4.78 is 45.4. The van der Waals surface area contributed by atoms with Gasteiger partial charge in [-0.2, -0.15) is 5.10 Å². The van der Waals surface area contributed by atoms with Gasteiger partial charge in [-0.05, 0) is 71.6 Å². The van der Waals surface area contributed by atoms with Crippen molar-refractivity contribution in [1.29, 1.82) is 0 Å². The number of sulfone groups is 1. The predicted octanol–water partition coefficient (Wildman–Crippen LogP) is 4.22. The molecule has 0 atom stereocenters. The molecule has 3 heterocycles. The zero-order chi connectivity index (χ0) is 27.8. The summed E-state index contributed by atoms with van der Waals surface area (Å²) in [5.74, 6) is 0.326. The molecule has 0 spiro atoms. The minimum atomic E-state index is -3.54. The molecule has 4 rings (SSSR count). The van der Waals surface area contributed by atoms with E-state index in [9.17, 15) is 17.6 Å². The van der Waals surface area contributed by atoms with Crippen molar-refractivity contribution in [3.63, 3.8) is 0 Å². The van der Waals surface area contributed by atoms with Crippen molar-refractivity contribution in [2.45, 2.75) is 64.0 Å². The minimum absolute atomic E-state index is 0.0997. The van der Waals surface area contributed by atoms with Crippen LogP contribution in [0.1, 0.15) is 47.5 Å². The summed E-state index contributed by atoms with van der Waals surface area (Å²) in [7, 11) is -3.54. The number of hydrogen-bond acceptors (Lipinski definition) is 8. The molecule has 2 aromatic heterocycles. The standard InChI is InChI=1S/C26H35FN6O4S/c1-17(2)32(15-18-9-11-31(12-10-18)25(34)37-26(3,4)5)23-20-14-30-33(24(20)29-16-28-23)22-8-7-19(13-21(22)27)38(6,35)36/h7-8,13-14,16-18H,9-12,15H2,1-6H3. The highest BCUT2D eigenvalue weighted by Gasteiger charge is 2.29. The first-order chi connectivity index (χ1) is 17.7. The molecular weight excluding hydrogens is 511 g/mol. The van der Waals surface area contributed by atoms with E-state index >= 15 is 0 Å². The maximum Gasteiger partial charge on any atom is 0.410 e. The van der Waals surface area contributed by atoms with Crippen LogP contribution in [-0.2, 0) is 14.6 Å². The van der Waals surface area contributed by atoms with E-state index in [-0.39, 0.29) is 22.7 Å². The number of amides is 1. The first-order valence-corrected chi connectivity index (χ1v) is 14.6. The number of piperidine rings is 1. The quantitative estimate of drug-likeness (QED) is 0.452. The summed E-state index contributed by atoms with van der Waals surface area (Å²) >= 11 is 0. The molecule has 1 fully saturated rings. The van der Waals surface area contributed by atoms with Gasteiger partial charge in [0.2, 0.25) is 0 Å². The van der Waals surface area contributed by atoms with E-state index in [2.05, 4.69) is 33.8 Å². The molecule has 0 saturated carbocycles. The van der Waals surface area contributed by atoms with Crippen LogP contribution in [0.5, 0.6) is 0 Å². The molecule has 10 nitrogen and oxygen atoms in total. The lowest BCUT2D eigenvalue weighted by Crippen LogP contribution is -2.45. The molecule has 1 saturated heterocycles. The second kappa shape index (κ2) is 10.5. The zero-order valence-corrected chi connectivity index (χ0v) is 23.5. The Hall–Kier alpha value is -3.28. The first kappa shape index (κ1) is 27.7. The van der Waals surface area contributed by atoms with Crippen LogP contribution in [0.2, 0.25) is 0 Å². The number of halogens is 1. The van der Waals surface area contributed by atoms with Gasteiger partial charge >= 0.3 is 6.09 Å². The van der Waals surface area contributed by atoms with E-state index < -0.39 is 21.3 Å². The number of benzene rings is 1. The van der Waals surface area contributed by atoms with Crippen LogP contribution < -0.4 is 4.90 Å². The lowest BCUT2D eigenvalue weighted by molar-refractivity contribution is 0.0186. The Morgan fingerprint density at radius 3 is 2.47 bits per heavy atom. The van der Waals surface area contributed by atoms with Crippen molar-refractivity contribution < 1.29 is 22.3 Å². The lowest BCUT2D eigenvalue weighted by atomic mass is 9.96. The lowest BCUT2D eigenvalue weighted by Gasteiger charge is -2.37. The second-order valence-corrected chi connectivity index (χ2v) is 13.0. The van der Waals surface area contributed by atoms with Crippen molar-refractivity contribution >= 4 is 32.8 Å². The van der Waals surface area contributed by atoms with Crippen LogP contribution in [0.15, 0.2) is 35.6 Å². The third kappa shape index (κ3) is 6.06. The largest absolute Gasteiger partial charge is 0.444 e. The Bertz CT molecular complexity index is 1430. The van der Waals surface area contributed by atoms with E-state index in [0.717, 1.165) is 31.7 Å². The smallest absolute Gasteiger partial charge is 0.410 e. The van der Waals surface area contributed by atoms with Crippen molar-refractivity contribution in [1.82, 2.24) is 24.6 Å². The topological polar surface area (TPSA) is 111 Å². The highest BCUT2D eigenvalue weighted by Crippen LogP contribution is 2.30. The van der Waals surface area contributed by atoms with Gasteiger partial charge in [-0.1, -0.05) is 0 Å². The maximum absolute atomic E-state index is 14.9. The number of carbonyl (C=O) groups is 1. The van der Waals surface area contributed by atoms with E-state index in [1.54, 1.807) is 11.1 Å². The van der Waals surface area contributed by atoms with Crippen LogP contribution >= 0.6 is 0 Å². The number of ether oxygens (including phenoxy) is 1. The maximum atomic E-state index is 14.9. The molecule has 38 heavy (non-hydrogen) atoms. The summed E-state index contributed by atoms with van der Waals surface area (Å²) in [4.78, 5) is 25.2. The first-order valence-electron chi connectivity index (χ1n) is 12.7. The molecule has 3 aromatic rings. The van der Waals surface area contributed by atoms with Crippen LogP contribution in [0.25, 0.3) is 16.7 Å². The van der Waals surface area contributed by atoms with Crippen LogP contribution in [0.3, 0.4) is 0 Å². The number of carbonyl (C=O) groups excluding carboxylic acids is 1. The van der Waals surface area contributed by atoms with Crippen molar-refractivity contribution in [2.75, 3.05) is 30.8 Å². The van der Waals surface area contributed by atoms with Gasteiger partial charge in [0.1, 0.15) is 29.3 Å². The Kier molecular flexibility index (Phi) is 7.64. The molecule has 1 aliphatic heterocycles. The second-order valence-electron chi connectivity index (χ2n) is 11.0. The van der Waals surface area contributed by atoms with Crippen LogP contribution in [0.4, 0.5) is 15.0 Å². The molecule has 1 amide bonds. The number of likely N-dealkylation sites (tertiary alicyclic amines) is 1. The molecular formula is C26H35FN6O4S. The Morgan fingerprint density at radius 1 is 1.21 bits per heavy atom. The number of anilines is 1. The summed E-state index contributed by atoms with van der Waals surface area (Å²) in [6.45, 7) is 11.7. The van der Waals surface area contributed by atoms with Crippen LogP contribution in [-0.4, -0.2) is 76.7 Å².